The Balaban J connectivity index is 1.85. The molecule has 2 aromatic heterocycles. The van der Waals surface area contributed by atoms with Gasteiger partial charge in [-0.05, 0) is 31.4 Å². The summed E-state index contributed by atoms with van der Waals surface area (Å²) in [5.74, 6) is 0. The number of ether oxygens (including phenoxy) is 1. The largest absolute Gasteiger partial charge is 0.398 e. The molecular weight excluding hydrogens is 268 g/mol. The Kier molecular flexibility index (Phi) is 2.85. The van der Waals surface area contributed by atoms with Crippen LogP contribution in [0.5, 0.6) is 0 Å². The van der Waals surface area contributed by atoms with Gasteiger partial charge in [0, 0.05) is 17.7 Å². The van der Waals surface area contributed by atoms with Crippen molar-refractivity contribution < 1.29 is 4.74 Å². The lowest BCUT2D eigenvalue weighted by molar-refractivity contribution is -0.0366. The van der Waals surface area contributed by atoms with E-state index in [1.807, 2.05) is 21.4 Å². The summed E-state index contributed by atoms with van der Waals surface area (Å²) in [5, 5.41) is 13.1. The van der Waals surface area contributed by atoms with E-state index in [1.54, 1.807) is 18.9 Å². The molecule has 4 rings (SSSR count). The summed E-state index contributed by atoms with van der Waals surface area (Å²) in [4.78, 5) is 0. The van der Waals surface area contributed by atoms with Gasteiger partial charge in [-0.1, -0.05) is 0 Å². The normalized spacial score (nSPS) is 19.1. The minimum atomic E-state index is -0.00758. The van der Waals surface area contributed by atoms with Gasteiger partial charge in [0.1, 0.15) is 12.7 Å². The highest BCUT2D eigenvalue weighted by Gasteiger charge is 2.19. The van der Waals surface area contributed by atoms with E-state index in [0.29, 0.717) is 5.69 Å². The van der Waals surface area contributed by atoms with E-state index in [2.05, 4.69) is 15.3 Å². The molecule has 2 N–H and O–H groups in total. The summed E-state index contributed by atoms with van der Waals surface area (Å²) in [7, 11) is 0. The number of aromatic nitrogens is 5. The molecule has 0 saturated carbocycles. The van der Waals surface area contributed by atoms with E-state index in [4.69, 9.17) is 10.5 Å². The van der Waals surface area contributed by atoms with Crippen LogP contribution in [0.4, 0.5) is 5.69 Å². The second-order valence-electron chi connectivity index (χ2n) is 5.25. The molecule has 1 saturated heterocycles. The monoisotopic (exact) mass is 284 g/mol. The first-order valence-corrected chi connectivity index (χ1v) is 7.06. The SMILES string of the molecule is Nc1cc(-n2cnnc2)cc2c1cnn2C1CCCCO1. The fourth-order valence-electron chi connectivity index (χ4n) is 2.79. The molecule has 7 nitrogen and oxygen atoms in total. The number of benzene rings is 1. The molecule has 1 unspecified atom stereocenters. The zero-order valence-corrected chi connectivity index (χ0v) is 11.5. The maximum absolute atomic E-state index is 6.16. The summed E-state index contributed by atoms with van der Waals surface area (Å²) >= 11 is 0. The predicted molar refractivity (Wildman–Crippen MR) is 77.9 cm³/mol. The molecule has 7 heteroatoms. The zero-order chi connectivity index (χ0) is 14.2. The maximum Gasteiger partial charge on any atom is 0.150 e. The van der Waals surface area contributed by atoms with Crippen LogP contribution in [0.3, 0.4) is 0 Å². The Bertz CT molecular complexity index is 757. The molecule has 21 heavy (non-hydrogen) atoms. The standard InChI is InChI=1S/C14H16N6O/c15-12-5-10(19-8-16-17-9-19)6-13-11(12)7-18-20(13)14-3-1-2-4-21-14/h5-9,14H,1-4,15H2. The highest BCUT2D eigenvalue weighted by molar-refractivity contribution is 5.92. The van der Waals surface area contributed by atoms with Crippen LogP contribution in [-0.4, -0.2) is 31.2 Å². The molecular formula is C14H16N6O. The maximum atomic E-state index is 6.16. The van der Waals surface area contributed by atoms with Crippen LogP contribution in [0.2, 0.25) is 0 Å². The molecule has 0 spiro atoms. The van der Waals surface area contributed by atoms with Gasteiger partial charge in [0.15, 0.2) is 6.23 Å². The number of hydrogen-bond donors (Lipinski definition) is 1. The Morgan fingerprint density at radius 3 is 2.81 bits per heavy atom. The second-order valence-corrected chi connectivity index (χ2v) is 5.25. The van der Waals surface area contributed by atoms with Gasteiger partial charge in [-0.15, -0.1) is 10.2 Å². The number of anilines is 1. The molecule has 1 aliphatic heterocycles. The summed E-state index contributed by atoms with van der Waals surface area (Å²) in [6.07, 6.45) is 8.35. The summed E-state index contributed by atoms with van der Waals surface area (Å²) < 4.78 is 9.59. The van der Waals surface area contributed by atoms with Crippen LogP contribution in [0, 0.1) is 0 Å². The van der Waals surface area contributed by atoms with Crippen LogP contribution in [-0.2, 0) is 4.74 Å². The van der Waals surface area contributed by atoms with E-state index >= 15 is 0 Å². The first-order chi connectivity index (χ1) is 10.3. The van der Waals surface area contributed by atoms with Gasteiger partial charge < -0.3 is 10.5 Å². The van der Waals surface area contributed by atoms with Crippen molar-refractivity contribution in [3.05, 3.63) is 31.0 Å². The molecule has 3 aromatic rings. The Hall–Kier alpha value is -2.41. The van der Waals surface area contributed by atoms with Crippen molar-refractivity contribution in [2.75, 3.05) is 12.3 Å². The van der Waals surface area contributed by atoms with Crippen molar-refractivity contribution in [2.45, 2.75) is 25.5 Å². The molecule has 1 atom stereocenters. The summed E-state index contributed by atoms with van der Waals surface area (Å²) in [5.41, 5.74) is 8.75. The van der Waals surface area contributed by atoms with Crippen molar-refractivity contribution in [2.24, 2.45) is 0 Å². The zero-order valence-electron chi connectivity index (χ0n) is 11.5. The number of fused-ring (bicyclic) bond motifs is 1. The van der Waals surface area contributed by atoms with Crippen LogP contribution in [0.15, 0.2) is 31.0 Å². The van der Waals surface area contributed by atoms with E-state index in [-0.39, 0.29) is 6.23 Å². The third kappa shape index (κ3) is 2.06. The topological polar surface area (TPSA) is 83.8 Å². The smallest absolute Gasteiger partial charge is 0.150 e. The number of hydrogen-bond acceptors (Lipinski definition) is 5. The minimum absolute atomic E-state index is 0.00758. The molecule has 1 aromatic carbocycles. The van der Waals surface area contributed by atoms with Crippen LogP contribution < -0.4 is 5.73 Å². The highest BCUT2D eigenvalue weighted by atomic mass is 16.5. The average molecular weight is 284 g/mol. The van der Waals surface area contributed by atoms with E-state index in [9.17, 15) is 0 Å². The van der Waals surface area contributed by atoms with Gasteiger partial charge >= 0.3 is 0 Å². The average Bonchev–Trinajstić information content (AvgIpc) is 3.18. The number of nitrogens with zero attached hydrogens (tertiary/aromatic N) is 5. The Labute approximate surface area is 121 Å². The van der Waals surface area contributed by atoms with Gasteiger partial charge in [0.2, 0.25) is 0 Å². The summed E-state index contributed by atoms with van der Waals surface area (Å²) in [6.45, 7) is 0.784. The molecule has 0 amide bonds. The highest BCUT2D eigenvalue weighted by Crippen LogP contribution is 2.30. The lowest BCUT2D eigenvalue weighted by Gasteiger charge is -2.23. The van der Waals surface area contributed by atoms with Crippen molar-refractivity contribution >= 4 is 16.6 Å². The lowest BCUT2D eigenvalue weighted by Crippen LogP contribution is -2.19. The van der Waals surface area contributed by atoms with Crippen molar-refractivity contribution in [1.82, 2.24) is 24.5 Å². The van der Waals surface area contributed by atoms with E-state index in [1.165, 1.54) is 0 Å². The molecule has 108 valence electrons. The van der Waals surface area contributed by atoms with Crippen molar-refractivity contribution in [3.63, 3.8) is 0 Å². The molecule has 0 bridgehead atoms. The third-order valence-corrected chi connectivity index (χ3v) is 3.88. The number of nitrogens with two attached hydrogens (primary N) is 1. The molecule has 0 radical (unpaired) electrons. The van der Waals surface area contributed by atoms with E-state index in [0.717, 1.165) is 42.5 Å². The summed E-state index contributed by atoms with van der Waals surface area (Å²) in [6, 6.07) is 3.94. The minimum Gasteiger partial charge on any atom is -0.398 e. The first kappa shape index (κ1) is 12.3. The van der Waals surface area contributed by atoms with Gasteiger partial charge in [0.25, 0.3) is 0 Å². The fourth-order valence-corrected chi connectivity index (χ4v) is 2.79. The first-order valence-electron chi connectivity index (χ1n) is 7.06. The third-order valence-electron chi connectivity index (χ3n) is 3.88. The molecule has 0 aliphatic carbocycles. The second kappa shape index (κ2) is 4.85. The lowest BCUT2D eigenvalue weighted by atomic mass is 10.1. The predicted octanol–water partition coefficient (Wildman–Crippen LogP) is 1.90. The van der Waals surface area contributed by atoms with E-state index < -0.39 is 0 Å². The Morgan fingerprint density at radius 1 is 1.19 bits per heavy atom. The molecule has 1 fully saturated rings. The quantitative estimate of drug-likeness (QED) is 0.727. The number of rotatable bonds is 2. The molecule has 3 heterocycles. The van der Waals surface area contributed by atoms with Gasteiger partial charge in [-0.3, -0.25) is 4.57 Å². The van der Waals surface area contributed by atoms with Crippen LogP contribution in [0.1, 0.15) is 25.5 Å². The van der Waals surface area contributed by atoms with Crippen LogP contribution >= 0.6 is 0 Å². The van der Waals surface area contributed by atoms with Crippen molar-refractivity contribution in [1.29, 1.82) is 0 Å². The fraction of sp³-hybridized carbons (Fsp3) is 0.357. The van der Waals surface area contributed by atoms with Gasteiger partial charge in [0.05, 0.1) is 17.4 Å². The van der Waals surface area contributed by atoms with Gasteiger partial charge in [-0.25, -0.2) is 4.68 Å². The van der Waals surface area contributed by atoms with Crippen molar-refractivity contribution in [3.8, 4) is 5.69 Å². The van der Waals surface area contributed by atoms with Gasteiger partial charge in [-0.2, -0.15) is 5.10 Å². The number of nitrogen functional groups attached to an aromatic ring is 1. The van der Waals surface area contributed by atoms with Crippen LogP contribution in [0.25, 0.3) is 16.6 Å². The molecule has 1 aliphatic rings. The Morgan fingerprint density at radius 2 is 2.05 bits per heavy atom.